The van der Waals surface area contributed by atoms with E-state index >= 15 is 0 Å². The number of furan rings is 1. The largest absolute Gasteiger partial charge is 0.493 e. The molecule has 0 unspecified atom stereocenters. The minimum atomic E-state index is -0.292. The second-order valence-corrected chi connectivity index (χ2v) is 7.44. The van der Waals surface area contributed by atoms with E-state index in [9.17, 15) is 4.79 Å². The van der Waals surface area contributed by atoms with E-state index in [1.165, 1.54) is 11.1 Å². The lowest BCUT2D eigenvalue weighted by molar-refractivity contribution is -0.142. The number of ether oxygens (including phenoxy) is 2. The van der Waals surface area contributed by atoms with Gasteiger partial charge in [-0.2, -0.15) is 0 Å². The van der Waals surface area contributed by atoms with Crippen molar-refractivity contribution in [3.8, 4) is 17.6 Å². The van der Waals surface area contributed by atoms with Gasteiger partial charge in [-0.1, -0.05) is 26.7 Å². The average Bonchev–Trinajstić information content (AvgIpc) is 3.18. The SMILES string of the molecule is CCOC(=O)Cc1ccc(C#Cc2cc3c(cc2CC)OCCC3(CC)CC)o1. The fraction of sp³-hybridized carbons (Fsp3) is 0.480. The first-order valence-electron chi connectivity index (χ1n) is 10.6. The van der Waals surface area contributed by atoms with Gasteiger partial charge in [0.15, 0.2) is 5.76 Å². The van der Waals surface area contributed by atoms with Gasteiger partial charge in [-0.05, 0) is 68.4 Å². The molecular weight excluding hydrogens is 364 g/mol. The summed E-state index contributed by atoms with van der Waals surface area (Å²) in [5.41, 5.74) is 3.63. The molecule has 0 atom stereocenters. The van der Waals surface area contributed by atoms with Crippen LogP contribution in [0, 0.1) is 11.8 Å². The summed E-state index contributed by atoms with van der Waals surface area (Å²) in [7, 11) is 0. The Morgan fingerprint density at radius 3 is 2.62 bits per heavy atom. The summed E-state index contributed by atoms with van der Waals surface area (Å²) in [4.78, 5) is 11.6. The van der Waals surface area contributed by atoms with Crippen molar-refractivity contribution in [1.29, 1.82) is 0 Å². The van der Waals surface area contributed by atoms with Gasteiger partial charge in [-0.15, -0.1) is 0 Å². The molecule has 0 amide bonds. The number of fused-ring (bicyclic) bond motifs is 1. The third-order valence-corrected chi connectivity index (χ3v) is 5.96. The highest BCUT2D eigenvalue weighted by molar-refractivity contribution is 5.71. The number of carbonyl (C=O) groups is 1. The molecule has 0 fully saturated rings. The first kappa shape index (κ1) is 21.0. The molecule has 29 heavy (non-hydrogen) atoms. The highest BCUT2D eigenvalue weighted by atomic mass is 16.5. The quantitative estimate of drug-likeness (QED) is 0.500. The summed E-state index contributed by atoms with van der Waals surface area (Å²) in [5.74, 6) is 8.26. The number of carbonyl (C=O) groups excluding carboxylic acids is 1. The number of rotatable bonds is 6. The van der Waals surface area contributed by atoms with Crippen molar-refractivity contribution in [2.75, 3.05) is 13.2 Å². The van der Waals surface area contributed by atoms with Gasteiger partial charge in [0.1, 0.15) is 17.9 Å². The molecule has 2 aromatic rings. The Balaban J connectivity index is 1.91. The van der Waals surface area contributed by atoms with Crippen LogP contribution >= 0.6 is 0 Å². The van der Waals surface area contributed by atoms with Crippen molar-refractivity contribution in [2.24, 2.45) is 0 Å². The molecule has 2 heterocycles. The molecule has 1 aliphatic rings. The van der Waals surface area contributed by atoms with Crippen molar-refractivity contribution in [1.82, 2.24) is 0 Å². The van der Waals surface area contributed by atoms with E-state index in [4.69, 9.17) is 13.9 Å². The maximum absolute atomic E-state index is 11.6. The van der Waals surface area contributed by atoms with Gasteiger partial charge >= 0.3 is 5.97 Å². The molecule has 0 radical (unpaired) electrons. The molecular formula is C25H30O4. The minimum absolute atomic E-state index is 0.126. The molecule has 0 bridgehead atoms. The molecule has 3 rings (SSSR count). The lowest BCUT2D eigenvalue weighted by Crippen LogP contribution is -2.32. The molecule has 4 nitrogen and oxygen atoms in total. The second kappa shape index (κ2) is 9.22. The normalized spacial score (nSPS) is 14.3. The van der Waals surface area contributed by atoms with Gasteiger partial charge in [-0.25, -0.2) is 0 Å². The molecule has 0 spiro atoms. The number of hydrogen-bond acceptors (Lipinski definition) is 4. The third kappa shape index (κ3) is 4.50. The fourth-order valence-electron chi connectivity index (χ4n) is 4.06. The van der Waals surface area contributed by atoms with Crippen LogP contribution in [0.3, 0.4) is 0 Å². The van der Waals surface area contributed by atoms with Crippen LogP contribution in [0.15, 0.2) is 28.7 Å². The predicted octanol–water partition coefficient (Wildman–Crippen LogP) is 5.19. The zero-order valence-corrected chi connectivity index (χ0v) is 17.9. The monoisotopic (exact) mass is 394 g/mol. The Bertz CT molecular complexity index is 922. The van der Waals surface area contributed by atoms with Crippen molar-refractivity contribution in [2.45, 2.75) is 65.2 Å². The molecule has 1 aliphatic heterocycles. The molecule has 1 aromatic heterocycles. The molecule has 1 aromatic carbocycles. The smallest absolute Gasteiger partial charge is 0.313 e. The highest BCUT2D eigenvalue weighted by Gasteiger charge is 2.35. The van der Waals surface area contributed by atoms with Crippen LogP contribution in [0.4, 0.5) is 0 Å². The van der Waals surface area contributed by atoms with Crippen LogP contribution in [0.25, 0.3) is 0 Å². The Morgan fingerprint density at radius 2 is 1.93 bits per heavy atom. The van der Waals surface area contributed by atoms with E-state index in [1.54, 1.807) is 19.1 Å². The standard InChI is InChI=1S/C25H30O4/c1-5-18-16-23-22(25(6-2,7-3)13-14-28-23)15-19(18)9-10-20-11-12-21(29-20)17-24(26)27-8-4/h11-12,15-16H,5-8,13-14,17H2,1-4H3. The van der Waals surface area contributed by atoms with Crippen LogP contribution in [0.5, 0.6) is 5.75 Å². The maximum atomic E-state index is 11.6. The van der Waals surface area contributed by atoms with E-state index in [0.717, 1.165) is 43.6 Å². The second-order valence-electron chi connectivity index (χ2n) is 7.44. The summed E-state index contributed by atoms with van der Waals surface area (Å²) >= 11 is 0. The van der Waals surface area contributed by atoms with Gasteiger partial charge in [-0.3, -0.25) is 4.79 Å². The zero-order valence-electron chi connectivity index (χ0n) is 17.9. The van der Waals surface area contributed by atoms with Gasteiger partial charge in [0.25, 0.3) is 0 Å². The van der Waals surface area contributed by atoms with Crippen molar-refractivity contribution < 1.29 is 18.7 Å². The van der Waals surface area contributed by atoms with Gasteiger partial charge in [0.2, 0.25) is 0 Å². The first-order valence-corrected chi connectivity index (χ1v) is 10.6. The first-order chi connectivity index (χ1) is 14.0. The van der Waals surface area contributed by atoms with Gasteiger partial charge in [0.05, 0.1) is 13.2 Å². The average molecular weight is 395 g/mol. The summed E-state index contributed by atoms with van der Waals surface area (Å²) in [5, 5.41) is 0. The topological polar surface area (TPSA) is 48.7 Å². The number of aryl methyl sites for hydroxylation is 1. The number of esters is 1. The predicted molar refractivity (Wildman–Crippen MR) is 113 cm³/mol. The lowest BCUT2D eigenvalue weighted by atomic mass is 9.71. The van der Waals surface area contributed by atoms with Crippen LogP contribution < -0.4 is 4.74 Å². The van der Waals surface area contributed by atoms with Crippen molar-refractivity contribution in [3.63, 3.8) is 0 Å². The summed E-state index contributed by atoms with van der Waals surface area (Å²) < 4.78 is 16.6. The van der Waals surface area contributed by atoms with Crippen LogP contribution in [-0.4, -0.2) is 19.2 Å². The minimum Gasteiger partial charge on any atom is -0.493 e. The highest BCUT2D eigenvalue weighted by Crippen LogP contribution is 2.44. The van der Waals surface area contributed by atoms with Crippen LogP contribution in [-0.2, 0) is 27.8 Å². The van der Waals surface area contributed by atoms with Crippen molar-refractivity contribution in [3.05, 3.63) is 52.5 Å². The molecule has 154 valence electrons. The van der Waals surface area contributed by atoms with E-state index < -0.39 is 0 Å². The Labute approximate surface area is 173 Å². The van der Waals surface area contributed by atoms with Crippen LogP contribution in [0.1, 0.15) is 75.2 Å². The summed E-state index contributed by atoms with van der Waals surface area (Å²) in [6.45, 7) is 9.57. The fourth-order valence-corrected chi connectivity index (χ4v) is 4.06. The van der Waals surface area contributed by atoms with Crippen molar-refractivity contribution >= 4 is 5.97 Å². The van der Waals surface area contributed by atoms with E-state index in [0.29, 0.717) is 18.1 Å². The summed E-state index contributed by atoms with van der Waals surface area (Å²) in [6, 6.07) is 7.96. The Kier molecular flexibility index (Phi) is 6.69. The molecule has 0 saturated heterocycles. The molecule has 0 saturated carbocycles. The third-order valence-electron chi connectivity index (χ3n) is 5.96. The van der Waals surface area contributed by atoms with E-state index in [-0.39, 0.29) is 17.8 Å². The number of hydrogen-bond donors (Lipinski definition) is 0. The van der Waals surface area contributed by atoms with Crippen LogP contribution in [0.2, 0.25) is 0 Å². The molecule has 0 N–H and O–H groups in total. The molecule has 4 heteroatoms. The van der Waals surface area contributed by atoms with Gasteiger partial charge < -0.3 is 13.9 Å². The maximum Gasteiger partial charge on any atom is 0.313 e. The zero-order chi connectivity index (χ0) is 20.9. The number of benzene rings is 1. The molecule has 0 aliphatic carbocycles. The van der Waals surface area contributed by atoms with Gasteiger partial charge in [0, 0.05) is 16.5 Å². The van der Waals surface area contributed by atoms with E-state index in [1.807, 2.05) is 0 Å². The van der Waals surface area contributed by atoms with E-state index in [2.05, 4.69) is 44.7 Å². The Morgan fingerprint density at radius 1 is 1.14 bits per heavy atom. The lowest BCUT2D eigenvalue weighted by Gasteiger charge is -2.38. The summed E-state index contributed by atoms with van der Waals surface area (Å²) in [6.07, 6.45) is 4.24. The Hall–Kier alpha value is -2.67.